The lowest BCUT2D eigenvalue weighted by atomic mass is 10.3. The lowest BCUT2D eigenvalue weighted by Crippen LogP contribution is -2.37. The van der Waals surface area contributed by atoms with Crippen LogP contribution in [-0.4, -0.2) is 42.0 Å². The van der Waals surface area contributed by atoms with E-state index in [4.69, 9.17) is 4.42 Å². The normalized spacial score (nSPS) is 10.4. The molecule has 0 aliphatic rings. The quantitative estimate of drug-likeness (QED) is 0.763. The number of likely N-dealkylation sites (N-methyl/N-ethyl adjacent to an activating group) is 1. The Hall–Kier alpha value is -2.15. The molecule has 0 aromatic carbocycles. The zero-order chi connectivity index (χ0) is 15.2. The van der Waals surface area contributed by atoms with Crippen molar-refractivity contribution in [3.8, 4) is 10.8 Å². The Kier molecular flexibility index (Phi) is 5.10. The van der Waals surface area contributed by atoms with Gasteiger partial charge in [0.25, 0.3) is 0 Å². The van der Waals surface area contributed by atoms with Crippen LogP contribution in [0.25, 0.3) is 10.8 Å². The second-order valence-corrected chi connectivity index (χ2v) is 5.14. The monoisotopic (exact) mass is 308 g/mol. The van der Waals surface area contributed by atoms with Crippen molar-refractivity contribution in [2.75, 3.05) is 20.2 Å². The first-order valence-corrected chi connectivity index (χ1v) is 7.34. The maximum absolute atomic E-state index is 12.2. The molecule has 0 N–H and O–H groups in total. The van der Waals surface area contributed by atoms with E-state index in [2.05, 4.69) is 9.72 Å². The molecule has 2 heterocycles. The van der Waals surface area contributed by atoms with E-state index < -0.39 is 5.97 Å². The van der Waals surface area contributed by atoms with Gasteiger partial charge in [0.15, 0.2) is 10.8 Å². The Morgan fingerprint density at radius 1 is 1.48 bits per heavy atom. The Balaban J connectivity index is 2.00. The van der Waals surface area contributed by atoms with Crippen molar-refractivity contribution in [2.24, 2.45) is 0 Å². The van der Waals surface area contributed by atoms with Crippen molar-refractivity contribution in [1.82, 2.24) is 9.88 Å². The van der Waals surface area contributed by atoms with Crippen LogP contribution in [0.4, 0.5) is 0 Å². The first-order chi connectivity index (χ1) is 10.1. The minimum atomic E-state index is -0.431. The summed E-state index contributed by atoms with van der Waals surface area (Å²) in [7, 11) is 1.30. The summed E-state index contributed by atoms with van der Waals surface area (Å²) in [5, 5.41) is 2.56. The number of hydrogen-bond acceptors (Lipinski definition) is 6. The van der Waals surface area contributed by atoms with Crippen LogP contribution in [0, 0.1) is 0 Å². The summed E-state index contributed by atoms with van der Waals surface area (Å²) in [6.45, 7) is 2.22. The SMILES string of the molecule is CCN(CC(=O)OC)C(=O)Cc1csc(-c2ccco2)n1. The summed E-state index contributed by atoms with van der Waals surface area (Å²) in [6.07, 6.45) is 1.73. The largest absolute Gasteiger partial charge is 0.468 e. The number of amides is 1. The molecule has 0 atom stereocenters. The minimum Gasteiger partial charge on any atom is -0.468 e. The van der Waals surface area contributed by atoms with Crippen LogP contribution >= 0.6 is 11.3 Å². The first kappa shape index (κ1) is 15.2. The lowest BCUT2D eigenvalue weighted by molar-refractivity contribution is -0.146. The molecule has 0 aliphatic carbocycles. The predicted molar refractivity (Wildman–Crippen MR) is 77.8 cm³/mol. The van der Waals surface area contributed by atoms with E-state index in [0.717, 1.165) is 5.01 Å². The molecule has 2 aromatic heterocycles. The molecule has 1 amide bonds. The molecule has 2 rings (SSSR count). The maximum Gasteiger partial charge on any atom is 0.325 e. The molecule has 0 saturated carbocycles. The van der Waals surface area contributed by atoms with Crippen molar-refractivity contribution >= 4 is 23.2 Å². The second-order valence-electron chi connectivity index (χ2n) is 4.28. The fourth-order valence-corrected chi connectivity index (χ4v) is 2.55. The summed E-state index contributed by atoms with van der Waals surface area (Å²) in [5.41, 5.74) is 0.666. The number of carbonyl (C=O) groups is 2. The highest BCUT2D eigenvalue weighted by Gasteiger charge is 2.18. The lowest BCUT2D eigenvalue weighted by Gasteiger charge is -2.18. The highest BCUT2D eigenvalue weighted by molar-refractivity contribution is 7.13. The molecule has 6 nitrogen and oxygen atoms in total. The third kappa shape index (κ3) is 3.91. The number of carbonyl (C=O) groups excluding carboxylic acids is 2. The van der Waals surface area contributed by atoms with Gasteiger partial charge in [-0.3, -0.25) is 9.59 Å². The average Bonchev–Trinajstić information content (AvgIpc) is 3.14. The summed E-state index contributed by atoms with van der Waals surface area (Å²) in [4.78, 5) is 29.2. The van der Waals surface area contributed by atoms with Crippen LogP contribution in [0.1, 0.15) is 12.6 Å². The van der Waals surface area contributed by atoms with Crippen LogP contribution in [0.3, 0.4) is 0 Å². The Bertz CT molecular complexity index is 606. The van der Waals surface area contributed by atoms with Gasteiger partial charge in [0.1, 0.15) is 6.54 Å². The summed E-state index contributed by atoms with van der Waals surface area (Å²) in [5.74, 6) is 0.0968. The van der Waals surface area contributed by atoms with Crippen LogP contribution in [-0.2, 0) is 20.7 Å². The molecule has 7 heteroatoms. The van der Waals surface area contributed by atoms with Crippen LogP contribution in [0.15, 0.2) is 28.2 Å². The summed E-state index contributed by atoms with van der Waals surface area (Å²) < 4.78 is 9.84. The van der Waals surface area contributed by atoms with E-state index in [1.54, 1.807) is 12.3 Å². The fourth-order valence-electron chi connectivity index (χ4n) is 1.77. The third-order valence-corrected chi connectivity index (χ3v) is 3.80. The maximum atomic E-state index is 12.2. The second kappa shape index (κ2) is 7.03. The molecule has 0 aliphatic heterocycles. The number of ether oxygens (including phenoxy) is 1. The molecule has 0 spiro atoms. The van der Waals surface area contributed by atoms with E-state index in [1.165, 1.54) is 23.3 Å². The molecule has 112 valence electrons. The molecule has 0 bridgehead atoms. The highest BCUT2D eigenvalue weighted by atomic mass is 32.1. The minimum absolute atomic E-state index is 0.0407. The third-order valence-electron chi connectivity index (χ3n) is 2.90. The van der Waals surface area contributed by atoms with Gasteiger partial charge in [-0.15, -0.1) is 11.3 Å². The van der Waals surface area contributed by atoms with Crippen LogP contribution in [0.2, 0.25) is 0 Å². The molecule has 2 aromatic rings. The van der Waals surface area contributed by atoms with Gasteiger partial charge in [-0.25, -0.2) is 4.98 Å². The fraction of sp³-hybridized carbons (Fsp3) is 0.357. The number of esters is 1. The van der Waals surface area contributed by atoms with Crippen molar-refractivity contribution in [3.63, 3.8) is 0 Å². The zero-order valence-corrected chi connectivity index (χ0v) is 12.7. The average molecular weight is 308 g/mol. The van der Waals surface area contributed by atoms with E-state index in [9.17, 15) is 9.59 Å². The van der Waals surface area contributed by atoms with Gasteiger partial charge in [0.05, 0.1) is 25.5 Å². The first-order valence-electron chi connectivity index (χ1n) is 6.47. The molecule has 0 saturated heterocycles. The molecule has 0 radical (unpaired) electrons. The number of thiazole rings is 1. The number of methoxy groups -OCH3 is 1. The van der Waals surface area contributed by atoms with E-state index in [0.29, 0.717) is 18.0 Å². The van der Waals surface area contributed by atoms with Gasteiger partial charge in [-0.1, -0.05) is 0 Å². The van der Waals surface area contributed by atoms with Gasteiger partial charge < -0.3 is 14.1 Å². The summed E-state index contributed by atoms with van der Waals surface area (Å²) in [6, 6.07) is 3.61. The predicted octanol–water partition coefficient (Wildman–Crippen LogP) is 1.97. The molecule has 21 heavy (non-hydrogen) atoms. The van der Waals surface area contributed by atoms with Crippen molar-refractivity contribution in [1.29, 1.82) is 0 Å². The van der Waals surface area contributed by atoms with Gasteiger partial charge in [-0.05, 0) is 19.1 Å². The topological polar surface area (TPSA) is 72.6 Å². The van der Waals surface area contributed by atoms with E-state index in [-0.39, 0.29) is 18.9 Å². The number of nitrogens with zero attached hydrogens (tertiary/aromatic N) is 2. The number of aromatic nitrogens is 1. The Morgan fingerprint density at radius 3 is 2.90 bits per heavy atom. The molecule has 0 unspecified atom stereocenters. The smallest absolute Gasteiger partial charge is 0.325 e. The standard InChI is InChI=1S/C14H16N2O4S/c1-3-16(8-13(18)19-2)12(17)7-10-9-21-14(15-10)11-5-4-6-20-11/h4-6,9H,3,7-8H2,1-2H3. The van der Waals surface area contributed by atoms with Crippen molar-refractivity contribution in [2.45, 2.75) is 13.3 Å². The molecular formula is C14H16N2O4S. The Morgan fingerprint density at radius 2 is 2.29 bits per heavy atom. The van der Waals surface area contributed by atoms with E-state index in [1.807, 2.05) is 18.4 Å². The van der Waals surface area contributed by atoms with Gasteiger partial charge in [0, 0.05) is 11.9 Å². The van der Waals surface area contributed by atoms with Gasteiger partial charge in [-0.2, -0.15) is 0 Å². The number of furan rings is 1. The van der Waals surface area contributed by atoms with Gasteiger partial charge in [0.2, 0.25) is 5.91 Å². The number of rotatable bonds is 6. The van der Waals surface area contributed by atoms with Crippen LogP contribution in [0.5, 0.6) is 0 Å². The van der Waals surface area contributed by atoms with Gasteiger partial charge >= 0.3 is 5.97 Å². The van der Waals surface area contributed by atoms with Crippen LogP contribution < -0.4 is 0 Å². The molecule has 0 fully saturated rings. The van der Waals surface area contributed by atoms with Crippen molar-refractivity contribution in [3.05, 3.63) is 29.5 Å². The Labute approximate surface area is 126 Å². The highest BCUT2D eigenvalue weighted by Crippen LogP contribution is 2.24. The summed E-state index contributed by atoms with van der Waals surface area (Å²) >= 11 is 1.42. The number of hydrogen-bond donors (Lipinski definition) is 0. The van der Waals surface area contributed by atoms with E-state index >= 15 is 0 Å². The zero-order valence-electron chi connectivity index (χ0n) is 11.9. The molecular weight excluding hydrogens is 292 g/mol. The van der Waals surface area contributed by atoms with Crippen molar-refractivity contribution < 1.29 is 18.7 Å².